The van der Waals surface area contributed by atoms with Crippen LogP contribution >= 0.6 is 11.3 Å². The van der Waals surface area contributed by atoms with Crippen LogP contribution in [-0.2, 0) is 0 Å². The lowest BCUT2D eigenvalue weighted by Gasteiger charge is -2.15. The molecule has 1 N–H and O–H groups in total. The van der Waals surface area contributed by atoms with Gasteiger partial charge in [-0.05, 0) is 18.8 Å². The fourth-order valence-corrected chi connectivity index (χ4v) is 2.60. The van der Waals surface area contributed by atoms with Crippen LogP contribution in [0.1, 0.15) is 29.6 Å². The van der Waals surface area contributed by atoms with E-state index in [1.807, 2.05) is 17.6 Å². The van der Waals surface area contributed by atoms with E-state index in [-0.39, 0.29) is 6.04 Å². The Morgan fingerprint density at radius 2 is 2.22 bits per heavy atom. The highest BCUT2D eigenvalue weighted by molar-refractivity contribution is 7.09. The van der Waals surface area contributed by atoms with Crippen LogP contribution in [-0.4, -0.2) is 15.0 Å². The lowest BCUT2D eigenvalue weighted by molar-refractivity contribution is 0.669. The summed E-state index contributed by atoms with van der Waals surface area (Å²) in [5.41, 5.74) is 0.331. The number of nitrogens with zero attached hydrogens (tertiary/aromatic N) is 4. The van der Waals surface area contributed by atoms with Gasteiger partial charge in [-0.1, -0.05) is 0 Å². The third-order valence-corrected chi connectivity index (χ3v) is 3.74. The third kappa shape index (κ3) is 2.31. The maximum atomic E-state index is 8.68. The summed E-state index contributed by atoms with van der Waals surface area (Å²) in [5, 5.41) is 15.1. The summed E-state index contributed by atoms with van der Waals surface area (Å²) in [6.45, 7) is 0. The molecule has 5 nitrogen and oxygen atoms in total. The van der Waals surface area contributed by atoms with Crippen molar-refractivity contribution < 1.29 is 0 Å². The topological polar surface area (TPSA) is 74.5 Å². The molecule has 90 valence electrons. The molecule has 18 heavy (non-hydrogen) atoms. The summed E-state index contributed by atoms with van der Waals surface area (Å²) in [4.78, 5) is 12.6. The number of aromatic nitrogens is 3. The largest absolute Gasteiger partial charge is 0.359 e. The first kappa shape index (κ1) is 11.1. The molecule has 0 aromatic carbocycles. The summed E-state index contributed by atoms with van der Waals surface area (Å²) in [6, 6.07) is 2.17. The Morgan fingerprint density at radius 1 is 1.33 bits per heavy atom. The molecule has 6 heteroatoms. The van der Waals surface area contributed by atoms with E-state index in [9.17, 15) is 0 Å². The average Bonchev–Trinajstić information content (AvgIpc) is 3.11. The van der Waals surface area contributed by atoms with Crippen molar-refractivity contribution in [3.05, 3.63) is 34.7 Å². The normalized spacial score (nSPS) is 15.9. The lowest BCUT2D eigenvalue weighted by Crippen LogP contribution is -2.13. The fourth-order valence-electron chi connectivity index (χ4n) is 1.82. The second kappa shape index (κ2) is 4.70. The number of hydrogen-bond donors (Lipinski definition) is 1. The highest BCUT2D eigenvalue weighted by atomic mass is 32.1. The average molecular weight is 257 g/mol. The second-order valence-corrected chi connectivity index (χ2v) is 5.15. The molecular weight excluding hydrogens is 246 g/mol. The van der Waals surface area contributed by atoms with Gasteiger partial charge in [-0.3, -0.25) is 0 Å². The van der Waals surface area contributed by atoms with Gasteiger partial charge in [0, 0.05) is 11.6 Å². The summed E-state index contributed by atoms with van der Waals surface area (Å²) >= 11 is 1.65. The zero-order valence-electron chi connectivity index (χ0n) is 9.58. The Hall–Kier alpha value is -2.00. The van der Waals surface area contributed by atoms with Crippen LogP contribution in [0, 0.1) is 17.2 Å². The number of rotatable bonds is 4. The van der Waals surface area contributed by atoms with Crippen molar-refractivity contribution in [1.82, 2.24) is 15.0 Å². The lowest BCUT2D eigenvalue weighted by atomic mass is 10.2. The van der Waals surface area contributed by atoms with Crippen LogP contribution in [0.15, 0.2) is 24.0 Å². The molecule has 2 heterocycles. The zero-order valence-corrected chi connectivity index (χ0v) is 10.4. The predicted molar refractivity (Wildman–Crippen MR) is 67.9 cm³/mol. The maximum absolute atomic E-state index is 8.68. The molecule has 1 aliphatic rings. The molecule has 2 aromatic heterocycles. The molecule has 3 rings (SSSR count). The van der Waals surface area contributed by atoms with Crippen molar-refractivity contribution >= 4 is 17.2 Å². The number of anilines is 1. The molecule has 0 aliphatic heterocycles. The van der Waals surface area contributed by atoms with Crippen LogP contribution in [0.4, 0.5) is 5.82 Å². The highest BCUT2D eigenvalue weighted by Crippen LogP contribution is 2.43. The van der Waals surface area contributed by atoms with Gasteiger partial charge in [0.15, 0.2) is 5.69 Å². The van der Waals surface area contributed by atoms with Gasteiger partial charge in [-0.15, -0.1) is 11.3 Å². The summed E-state index contributed by atoms with van der Waals surface area (Å²) < 4.78 is 0. The van der Waals surface area contributed by atoms with E-state index in [0.29, 0.717) is 17.4 Å². The van der Waals surface area contributed by atoms with Crippen LogP contribution in [0.5, 0.6) is 0 Å². The molecule has 1 unspecified atom stereocenters. The second-order valence-electron chi connectivity index (χ2n) is 4.23. The zero-order chi connectivity index (χ0) is 12.4. The first-order valence-corrected chi connectivity index (χ1v) is 6.63. The van der Waals surface area contributed by atoms with E-state index in [1.165, 1.54) is 19.0 Å². The molecule has 1 aliphatic carbocycles. The monoisotopic (exact) mass is 257 g/mol. The molecule has 1 atom stereocenters. The van der Waals surface area contributed by atoms with E-state index in [1.54, 1.807) is 17.5 Å². The van der Waals surface area contributed by atoms with Crippen molar-refractivity contribution in [2.75, 3.05) is 5.32 Å². The predicted octanol–water partition coefficient (Wildman–Crippen LogP) is 2.37. The van der Waals surface area contributed by atoms with E-state index in [4.69, 9.17) is 5.26 Å². The highest BCUT2D eigenvalue weighted by Gasteiger charge is 2.34. The Kier molecular flexibility index (Phi) is 2.90. The van der Waals surface area contributed by atoms with E-state index >= 15 is 0 Å². The number of hydrogen-bond acceptors (Lipinski definition) is 6. The molecular formula is C12H11N5S. The van der Waals surface area contributed by atoms with Gasteiger partial charge < -0.3 is 5.32 Å². The SMILES string of the molecule is N#Cc1cnc(NC(c2nccs2)C2CC2)cn1. The molecule has 1 saturated carbocycles. The molecule has 2 aromatic rings. The van der Waals surface area contributed by atoms with E-state index in [0.717, 1.165) is 5.01 Å². The Labute approximate surface area is 109 Å². The van der Waals surface area contributed by atoms with Crippen LogP contribution in [0.3, 0.4) is 0 Å². The van der Waals surface area contributed by atoms with Gasteiger partial charge in [-0.25, -0.2) is 15.0 Å². The van der Waals surface area contributed by atoms with Crippen molar-refractivity contribution in [3.8, 4) is 6.07 Å². The molecule has 0 amide bonds. The van der Waals surface area contributed by atoms with Gasteiger partial charge in [0.2, 0.25) is 0 Å². The summed E-state index contributed by atoms with van der Waals surface area (Å²) in [6.07, 6.45) is 7.35. The molecule has 0 saturated heterocycles. The van der Waals surface area contributed by atoms with Gasteiger partial charge in [0.1, 0.15) is 16.9 Å². The van der Waals surface area contributed by atoms with Crippen molar-refractivity contribution in [2.24, 2.45) is 5.92 Å². The van der Waals surface area contributed by atoms with Crippen LogP contribution in [0.2, 0.25) is 0 Å². The Bertz CT molecular complexity index is 553. The summed E-state index contributed by atoms with van der Waals surface area (Å²) in [5.74, 6) is 1.33. The molecule has 0 bridgehead atoms. The van der Waals surface area contributed by atoms with Crippen molar-refractivity contribution in [3.63, 3.8) is 0 Å². The Balaban J connectivity index is 1.78. The Morgan fingerprint density at radius 3 is 2.78 bits per heavy atom. The van der Waals surface area contributed by atoms with Gasteiger partial charge in [0.05, 0.1) is 18.4 Å². The van der Waals surface area contributed by atoms with Gasteiger partial charge >= 0.3 is 0 Å². The van der Waals surface area contributed by atoms with Crippen molar-refractivity contribution in [1.29, 1.82) is 5.26 Å². The number of nitriles is 1. The smallest absolute Gasteiger partial charge is 0.158 e. The first-order chi connectivity index (χ1) is 8.86. The quantitative estimate of drug-likeness (QED) is 0.910. The summed E-state index contributed by atoms with van der Waals surface area (Å²) in [7, 11) is 0. The molecule has 0 spiro atoms. The molecule has 0 radical (unpaired) electrons. The van der Waals surface area contributed by atoms with Crippen LogP contribution < -0.4 is 5.32 Å². The van der Waals surface area contributed by atoms with Crippen molar-refractivity contribution in [2.45, 2.75) is 18.9 Å². The number of thiazole rings is 1. The first-order valence-electron chi connectivity index (χ1n) is 5.75. The van der Waals surface area contributed by atoms with Crippen LogP contribution in [0.25, 0.3) is 0 Å². The minimum absolute atomic E-state index is 0.215. The van der Waals surface area contributed by atoms with Gasteiger partial charge in [0.25, 0.3) is 0 Å². The minimum Gasteiger partial charge on any atom is -0.359 e. The molecule has 1 fully saturated rings. The van der Waals surface area contributed by atoms with E-state index < -0.39 is 0 Å². The van der Waals surface area contributed by atoms with E-state index in [2.05, 4.69) is 20.3 Å². The van der Waals surface area contributed by atoms with Gasteiger partial charge in [-0.2, -0.15) is 5.26 Å². The standard InChI is InChI=1S/C12H11N5S/c13-5-9-6-16-10(7-15-9)17-11(8-1-2-8)12-14-3-4-18-12/h3-4,6-8,11H,1-2H2,(H,16,17). The third-order valence-electron chi connectivity index (χ3n) is 2.88. The fraction of sp³-hybridized carbons (Fsp3) is 0.333. The number of nitrogens with one attached hydrogen (secondary N) is 1. The minimum atomic E-state index is 0.215. The maximum Gasteiger partial charge on any atom is 0.158 e.